The third-order valence-electron chi connectivity index (χ3n) is 6.47. The van der Waals surface area contributed by atoms with E-state index in [0.29, 0.717) is 35.7 Å². The van der Waals surface area contributed by atoms with E-state index in [1.807, 2.05) is 24.4 Å². The van der Waals surface area contributed by atoms with Crippen molar-refractivity contribution in [1.29, 1.82) is 0 Å². The largest absolute Gasteiger partial charge is 0.362 e. The highest BCUT2D eigenvalue weighted by Gasteiger charge is 2.40. The molecule has 2 fully saturated rings. The van der Waals surface area contributed by atoms with Crippen LogP contribution < -0.4 is 10.6 Å². The number of hydrogen-bond acceptors (Lipinski definition) is 3. The number of anilines is 1. The molecular formula is C25H31N3O2. The first-order valence-corrected chi connectivity index (χ1v) is 11.1. The van der Waals surface area contributed by atoms with Crippen molar-refractivity contribution in [2.75, 3.05) is 5.32 Å². The Morgan fingerprint density at radius 3 is 2.47 bits per heavy atom. The standard InChI is InChI=1S/C25H31N3O2/c1-17-10-13-23(24(29)27-17)28-18(2)22-16-20(11-12-21(22)25(28)30)26-15-14-19-8-6-4-3-5-7-9-19/h11-12,14-16,19,23,26H,1-10,13H2,(H,27,29). The second-order valence-electron chi connectivity index (χ2n) is 8.64. The van der Waals surface area contributed by atoms with E-state index in [-0.39, 0.29) is 11.8 Å². The van der Waals surface area contributed by atoms with Gasteiger partial charge < -0.3 is 10.6 Å². The van der Waals surface area contributed by atoms with Crippen LogP contribution in [0.2, 0.25) is 0 Å². The lowest BCUT2D eigenvalue weighted by Gasteiger charge is -2.31. The predicted molar refractivity (Wildman–Crippen MR) is 121 cm³/mol. The van der Waals surface area contributed by atoms with Crippen LogP contribution in [0.15, 0.2) is 49.3 Å². The van der Waals surface area contributed by atoms with Gasteiger partial charge in [0.1, 0.15) is 6.04 Å². The van der Waals surface area contributed by atoms with Gasteiger partial charge in [0, 0.05) is 28.2 Å². The van der Waals surface area contributed by atoms with E-state index >= 15 is 0 Å². The molecule has 1 unspecified atom stereocenters. The molecule has 5 heteroatoms. The molecule has 158 valence electrons. The summed E-state index contributed by atoms with van der Waals surface area (Å²) in [6.07, 6.45) is 14.8. The van der Waals surface area contributed by atoms with E-state index in [1.54, 1.807) is 4.90 Å². The molecule has 2 heterocycles. The Morgan fingerprint density at radius 2 is 1.73 bits per heavy atom. The Morgan fingerprint density at radius 1 is 1.00 bits per heavy atom. The van der Waals surface area contributed by atoms with Crippen molar-refractivity contribution in [3.8, 4) is 0 Å². The first kappa shape index (κ1) is 20.5. The second-order valence-corrected chi connectivity index (χ2v) is 8.64. The monoisotopic (exact) mass is 405 g/mol. The molecule has 2 aliphatic heterocycles. The van der Waals surface area contributed by atoms with E-state index in [9.17, 15) is 9.59 Å². The van der Waals surface area contributed by atoms with Crippen molar-refractivity contribution in [2.45, 2.75) is 63.8 Å². The topological polar surface area (TPSA) is 61.4 Å². The molecule has 1 saturated heterocycles. The summed E-state index contributed by atoms with van der Waals surface area (Å²) < 4.78 is 0. The average molecular weight is 406 g/mol. The number of fused-ring (bicyclic) bond motifs is 1. The van der Waals surface area contributed by atoms with Crippen LogP contribution in [0, 0.1) is 5.92 Å². The maximum atomic E-state index is 13.0. The molecule has 1 aromatic carbocycles. The highest BCUT2D eigenvalue weighted by Crippen LogP contribution is 2.37. The fourth-order valence-corrected chi connectivity index (χ4v) is 4.74. The minimum Gasteiger partial charge on any atom is -0.362 e. The van der Waals surface area contributed by atoms with Crippen LogP contribution in [-0.2, 0) is 4.79 Å². The third-order valence-corrected chi connectivity index (χ3v) is 6.47. The lowest BCUT2D eigenvalue weighted by atomic mass is 9.91. The number of piperidine rings is 1. The Kier molecular flexibility index (Phi) is 6.07. The van der Waals surface area contributed by atoms with E-state index < -0.39 is 6.04 Å². The van der Waals surface area contributed by atoms with Gasteiger partial charge in [-0.1, -0.05) is 51.3 Å². The summed E-state index contributed by atoms with van der Waals surface area (Å²) in [5.74, 6) is 0.298. The van der Waals surface area contributed by atoms with Gasteiger partial charge in [-0.15, -0.1) is 0 Å². The first-order chi connectivity index (χ1) is 14.5. The quantitative estimate of drug-likeness (QED) is 0.724. The van der Waals surface area contributed by atoms with E-state index in [1.165, 1.54) is 44.9 Å². The summed E-state index contributed by atoms with van der Waals surface area (Å²) in [7, 11) is 0. The lowest BCUT2D eigenvalue weighted by molar-refractivity contribution is -0.125. The number of nitrogens with zero attached hydrogens (tertiary/aromatic N) is 1. The number of benzene rings is 1. The van der Waals surface area contributed by atoms with E-state index in [4.69, 9.17) is 0 Å². The van der Waals surface area contributed by atoms with Crippen molar-refractivity contribution in [1.82, 2.24) is 10.2 Å². The summed E-state index contributed by atoms with van der Waals surface area (Å²) in [5.41, 5.74) is 3.62. The number of amides is 2. The molecule has 4 rings (SSSR count). The lowest BCUT2D eigenvalue weighted by Crippen LogP contribution is -2.49. The molecule has 5 nitrogen and oxygen atoms in total. The third kappa shape index (κ3) is 4.20. The van der Waals surface area contributed by atoms with Crippen molar-refractivity contribution < 1.29 is 9.59 Å². The summed E-state index contributed by atoms with van der Waals surface area (Å²) in [4.78, 5) is 26.9. The minimum absolute atomic E-state index is 0.153. The highest BCUT2D eigenvalue weighted by molar-refractivity contribution is 6.11. The fraction of sp³-hybridized carbons (Fsp3) is 0.440. The van der Waals surface area contributed by atoms with Crippen LogP contribution in [0.3, 0.4) is 0 Å². The van der Waals surface area contributed by atoms with Gasteiger partial charge in [0.05, 0.1) is 0 Å². The molecule has 2 N–H and O–H groups in total. The molecule has 0 radical (unpaired) electrons. The molecule has 2 amide bonds. The van der Waals surface area contributed by atoms with Crippen LogP contribution in [-0.4, -0.2) is 22.8 Å². The average Bonchev–Trinajstić information content (AvgIpc) is 2.94. The SMILES string of the molecule is C=C1CCC(N2C(=C)c3cc(NC=CC4CCCCCCC4)ccc3C2=O)C(=O)N1. The van der Waals surface area contributed by atoms with Gasteiger partial charge in [-0.2, -0.15) is 0 Å². The molecule has 1 aromatic rings. The van der Waals surface area contributed by atoms with Crippen molar-refractivity contribution >= 4 is 23.2 Å². The molecule has 1 atom stereocenters. The molecular weight excluding hydrogens is 374 g/mol. The Hall–Kier alpha value is -2.82. The zero-order valence-electron chi connectivity index (χ0n) is 17.6. The first-order valence-electron chi connectivity index (χ1n) is 11.1. The van der Waals surface area contributed by atoms with Gasteiger partial charge in [-0.05, 0) is 56.0 Å². The minimum atomic E-state index is -0.529. The summed E-state index contributed by atoms with van der Waals surface area (Å²) >= 11 is 0. The van der Waals surface area contributed by atoms with Gasteiger partial charge in [-0.3, -0.25) is 14.5 Å². The summed E-state index contributed by atoms with van der Waals surface area (Å²) in [6.45, 7) is 7.94. The molecule has 30 heavy (non-hydrogen) atoms. The van der Waals surface area contributed by atoms with Crippen molar-refractivity contribution in [3.63, 3.8) is 0 Å². The number of hydrogen-bond donors (Lipinski definition) is 2. The molecule has 1 aliphatic carbocycles. The Balaban J connectivity index is 1.44. The molecule has 0 aromatic heterocycles. The van der Waals surface area contributed by atoms with E-state index in [0.717, 1.165) is 11.3 Å². The van der Waals surface area contributed by atoms with Gasteiger partial charge in [-0.25, -0.2) is 0 Å². The van der Waals surface area contributed by atoms with Gasteiger partial charge in [0.2, 0.25) is 5.91 Å². The predicted octanol–water partition coefficient (Wildman–Crippen LogP) is 5.19. The molecule has 0 spiro atoms. The van der Waals surface area contributed by atoms with Crippen LogP contribution >= 0.6 is 0 Å². The molecule has 0 bridgehead atoms. The molecule has 3 aliphatic rings. The second kappa shape index (κ2) is 8.90. The maximum Gasteiger partial charge on any atom is 0.259 e. The highest BCUT2D eigenvalue weighted by atomic mass is 16.2. The fourth-order valence-electron chi connectivity index (χ4n) is 4.74. The summed E-state index contributed by atoms with van der Waals surface area (Å²) in [5, 5.41) is 6.12. The van der Waals surface area contributed by atoms with Crippen molar-refractivity contribution in [2.24, 2.45) is 5.92 Å². The van der Waals surface area contributed by atoms with Crippen LogP contribution in [0.1, 0.15) is 73.7 Å². The zero-order valence-corrected chi connectivity index (χ0v) is 17.6. The van der Waals surface area contributed by atoms with Crippen LogP contribution in [0.5, 0.6) is 0 Å². The van der Waals surface area contributed by atoms with Crippen LogP contribution in [0.25, 0.3) is 5.70 Å². The van der Waals surface area contributed by atoms with Gasteiger partial charge >= 0.3 is 0 Å². The molecule has 1 saturated carbocycles. The normalized spacial score (nSPS) is 23.3. The maximum absolute atomic E-state index is 13.0. The number of carbonyl (C=O) groups is 2. The van der Waals surface area contributed by atoms with Gasteiger partial charge in [0.15, 0.2) is 0 Å². The van der Waals surface area contributed by atoms with Crippen molar-refractivity contribution in [3.05, 3.63) is 60.5 Å². The van der Waals surface area contributed by atoms with Crippen LogP contribution in [0.4, 0.5) is 5.69 Å². The summed E-state index contributed by atoms with van der Waals surface area (Å²) in [6, 6.07) is 5.17. The smallest absolute Gasteiger partial charge is 0.259 e. The van der Waals surface area contributed by atoms with Gasteiger partial charge in [0.25, 0.3) is 5.91 Å². The Bertz CT molecular complexity index is 894. The number of allylic oxidation sites excluding steroid dienone is 2. The zero-order chi connectivity index (χ0) is 21.1. The van der Waals surface area contributed by atoms with E-state index in [2.05, 4.69) is 29.9 Å². The Labute approximate surface area is 178 Å². The number of carbonyl (C=O) groups excluding carboxylic acids is 2. The number of rotatable bonds is 4. The number of nitrogens with one attached hydrogen (secondary N) is 2.